The normalized spacial score (nSPS) is 15.4. The first-order valence-electron chi connectivity index (χ1n) is 6.68. The summed E-state index contributed by atoms with van der Waals surface area (Å²) in [5, 5.41) is 3.32. The van der Waals surface area contributed by atoms with Gasteiger partial charge in [-0.1, -0.05) is 18.2 Å². The highest BCUT2D eigenvalue weighted by molar-refractivity contribution is 5.80. The fourth-order valence-electron chi connectivity index (χ4n) is 1.49. The van der Waals surface area contributed by atoms with Crippen molar-refractivity contribution >= 4 is 5.84 Å². The Labute approximate surface area is 117 Å². The van der Waals surface area contributed by atoms with E-state index in [-0.39, 0.29) is 6.04 Å². The fraction of sp³-hybridized carbons (Fsp3) is 0.533. The lowest BCUT2D eigenvalue weighted by molar-refractivity contribution is 0.152. The average Bonchev–Trinajstić information content (AvgIpc) is 2.41. The van der Waals surface area contributed by atoms with Crippen molar-refractivity contribution in [2.75, 3.05) is 20.3 Å². The van der Waals surface area contributed by atoms with Crippen LogP contribution in [0.5, 0.6) is 0 Å². The summed E-state index contributed by atoms with van der Waals surface area (Å²) in [6.07, 6.45) is 10.5. The van der Waals surface area contributed by atoms with Gasteiger partial charge in [-0.15, -0.1) is 0 Å². The first kappa shape index (κ1) is 17.4. The van der Waals surface area contributed by atoms with Crippen molar-refractivity contribution in [2.45, 2.75) is 33.2 Å². The molecule has 0 amide bonds. The Morgan fingerprint density at radius 3 is 2.79 bits per heavy atom. The van der Waals surface area contributed by atoms with E-state index in [1.807, 2.05) is 26.0 Å². The Bertz CT molecular complexity index is 343. The van der Waals surface area contributed by atoms with Crippen molar-refractivity contribution in [3.63, 3.8) is 0 Å². The van der Waals surface area contributed by atoms with Crippen LogP contribution in [0.1, 0.15) is 27.2 Å². The molecule has 0 spiro atoms. The van der Waals surface area contributed by atoms with Crippen LogP contribution in [0.2, 0.25) is 0 Å². The number of rotatable bonds is 8. The Hall–Kier alpha value is -1.55. The van der Waals surface area contributed by atoms with Gasteiger partial charge in [0.15, 0.2) is 0 Å². The molecular weight excluding hydrogens is 238 g/mol. The van der Waals surface area contributed by atoms with Gasteiger partial charge in [-0.2, -0.15) is 0 Å². The van der Waals surface area contributed by atoms with Gasteiger partial charge in [-0.05, 0) is 45.0 Å². The van der Waals surface area contributed by atoms with Gasteiger partial charge in [0.05, 0.1) is 5.84 Å². The van der Waals surface area contributed by atoms with E-state index in [0.717, 1.165) is 31.0 Å². The minimum absolute atomic E-state index is 0.184. The van der Waals surface area contributed by atoms with E-state index < -0.39 is 0 Å². The van der Waals surface area contributed by atoms with Gasteiger partial charge in [-0.25, -0.2) is 0 Å². The molecular formula is C15H27N3O. The topological polar surface area (TPSA) is 59.6 Å². The number of nitrogens with one attached hydrogen (secondary N) is 1. The zero-order valence-corrected chi connectivity index (χ0v) is 12.5. The molecule has 0 aliphatic carbocycles. The fourth-order valence-corrected chi connectivity index (χ4v) is 1.49. The average molecular weight is 265 g/mol. The Morgan fingerprint density at radius 1 is 1.47 bits per heavy atom. The maximum atomic E-state index is 5.39. The molecule has 19 heavy (non-hydrogen) atoms. The molecule has 1 unspecified atom stereocenters. The highest BCUT2D eigenvalue weighted by Gasteiger charge is 2.04. The summed E-state index contributed by atoms with van der Waals surface area (Å²) in [5.41, 5.74) is 6.54. The van der Waals surface area contributed by atoms with Crippen molar-refractivity contribution in [3.05, 3.63) is 36.1 Å². The first-order valence-corrected chi connectivity index (χ1v) is 6.68. The van der Waals surface area contributed by atoms with Crippen molar-refractivity contribution in [3.8, 4) is 0 Å². The van der Waals surface area contributed by atoms with Gasteiger partial charge in [0.1, 0.15) is 0 Å². The molecule has 0 saturated carbocycles. The Morgan fingerprint density at radius 2 is 2.21 bits per heavy atom. The van der Waals surface area contributed by atoms with Gasteiger partial charge in [0, 0.05) is 26.3 Å². The van der Waals surface area contributed by atoms with E-state index in [1.165, 1.54) is 6.20 Å². The minimum Gasteiger partial charge on any atom is -0.405 e. The molecule has 0 aromatic rings. The number of aliphatic imine (C=N–C) groups is 1. The lowest BCUT2D eigenvalue weighted by Crippen LogP contribution is -2.31. The van der Waals surface area contributed by atoms with Gasteiger partial charge >= 0.3 is 0 Å². The van der Waals surface area contributed by atoms with Crippen molar-refractivity contribution < 1.29 is 4.74 Å². The monoisotopic (exact) mass is 265 g/mol. The summed E-state index contributed by atoms with van der Waals surface area (Å²) < 4.78 is 5.30. The van der Waals surface area contributed by atoms with E-state index >= 15 is 0 Å². The highest BCUT2D eigenvalue weighted by Crippen LogP contribution is 2.06. The molecule has 0 aliphatic heterocycles. The summed E-state index contributed by atoms with van der Waals surface area (Å²) >= 11 is 0. The van der Waals surface area contributed by atoms with Crippen LogP contribution < -0.4 is 11.1 Å². The summed E-state index contributed by atoms with van der Waals surface area (Å²) in [5.74, 6) is 0.915. The number of nitrogens with two attached hydrogens (primary N) is 1. The second-order valence-corrected chi connectivity index (χ2v) is 4.11. The van der Waals surface area contributed by atoms with Gasteiger partial charge in [0.2, 0.25) is 0 Å². The molecule has 108 valence electrons. The van der Waals surface area contributed by atoms with Gasteiger partial charge < -0.3 is 15.8 Å². The van der Waals surface area contributed by atoms with Gasteiger partial charge in [0.25, 0.3) is 0 Å². The maximum Gasteiger partial charge on any atom is 0.0932 e. The summed E-state index contributed by atoms with van der Waals surface area (Å²) in [4.78, 5) is 4.10. The predicted octanol–water partition coefficient (Wildman–Crippen LogP) is 2.39. The lowest BCUT2D eigenvalue weighted by Gasteiger charge is -2.15. The molecule has 0 bridgehead atoms. The van der Waals surface area contributed by atoms with Crippen LogP contribution in [0, 0.1) is 0 Å². The lowest BCUT2D eigenvalue weighted by atomic mass is 10.1. The van der Waals surface area contributed by atoms with Crippen LogP contribution in [0.4, 0.5) is 0 Å². The smallest absolute Gasteiger partial charge is 0.0932 e. The summed E-state index contributed by atoms with van der Waals surface area (Å²) in [7, 11) is 1.77. The number of hydrogen-bond donors (Lipinski definition) is 2. The standard InChI is InChI=1S/C15H27N3O/c1-5-19-12-7-6-9-15(10-8-11-16)13(2)18-14(3)17-4/h6,8-11,13H,5,7,12,16H2,1-4H3,(H,17,18)/b9-6-,11-8+,15-10+. The van der Waals surface area contributed by atoms with E-state index in [4.69, 9.17) is 10.5 Å². The molecule has 0 rings (SSSR count). The molecule has 3 N–H and O–H groups in total. The third-order valence-corrected chi connectivity index (χ3v) is 2.60. The largest absolute Gasteiger partial charge is 0.405 e. The van der Waals surface area contributed by atoms with Crippen molar-refractivity contribution in [1.82, 2.24) is 5.32 Å². The molecule has 0 aliphatic rings. The molecule has 0 aromatic carbocycles. The quantitative estimate of drug-likeness (QED) is 0.307. The number of hydrogen-bond acceptors (Lipinski definition) is 3. The zero-order chi connectivity index (χ0) is 14.5. The molecule has 0 aromatic heterocycles. The third-order valence-electron chi connectivity index (χ3n) is 2.60. The molecule has 4 nitrogen and oxygen atoms in total. The van der Waals surface area contributed by atoms with E-state index in [1.54, 1.807) is 7.05 Å². The molecule has 0 fully saturated rings. The molecule has 0 heterocycles. The third kappa shape index (κ3) is 9.08. The number of amidine groups is 1. The molecule has 1 atom stereocenters. The second kappa shape index (κ2) is 11.5. The Kier molecular flexibility index (Phi) is 10.6. The van der Waals surface area contributed by atoms with E-state index in [2.05, 4.69) is 29.4 Å². The predicted molar refractivity (Wildman–Crippen MR) is 83.3 cm³/mol. The number of nitrogens with zero attached hydrogens (tertiary/aromatic N) is 1. The first-order chi connectivity index (χ1) is 9.15. The van der Waals surface area contributed by atoms with Crippen LogP contribution in [-0.4, -0.2) is 32.1 Å². The van der Waals surface area contributed by atoms with E-state index in [0.29, 0.717) is 0 Å². The minimum atomic E-state index is 0.184. The number of allylic oxidation sites excluding steroid dienone is 2. The van der Waals surface area contributed by atoms with Crippen LogP contribution >= 0.6 is 0 Å². The SMILES string of the molecule is CCOCC\C=C/C(=C\C=C\N)C(C)NC(C)=NC. The van der Waals surface area contributed by atoms with Crippen LogP contribution in [0.3, 0.4) is 0 Å². The second-order valence-electron chi connectivity index (χ2n) is 4.11. The number of ether oxygens (including phenoxy) is 1. The van der Waals surface area contributed by atoms with Crippen LogP contribution in [0.25, 0.3) is 0 Å². The molecule has 4 heteroatoms. The maximum absolute atomic E-state index is 5.39. The van der Waals surface area contributed by atoms with E-state index in [9.17, 15) is 0 Å². The van der Waals surface area contributed by atoms with Crippen LogP contribution in [-0.2, 0) is 4.74 Å². The molecule has 0 radical (unpaired) electrons. The summed E-state index contributed by atoms with van der Waals surface area (Å²) in [6.45, 7) is 7.56. The van der Waals surface area contributed by atoms with Gasteiger partial charge in [-0.3, -0.25) is 4.99 Å². The zero-order valence-electron chi connectivity index (χ0n) is 12.5. The molecule has 0 saturated heterocycles. The summed E-state index contributed by atoms with van der Waals surface area (Å²) in [6, 6.07) is 0.184. The highest BCUT2D eigenvalue weighted by atomic mass is 16.5. The van der Waals surface area contributed by atoms with Crippen molar-refractivity contribution in [2.24, 2.45) is 10.7 Å². The van der Waals surface area contributed by atoms with Crippen molar-refractivity contribution in [1.29, 1.82) is 0 Å². The van der Waals surface area contributed by atoms with Crippen LogP contribution in [0.15, 0.2) is 41.1 Å². The Balaban J connectivity index is 4.54.